The van der Waals surface area contributed by atoms with Crippen molar-refractivity contribution in [1.29, 1.82) is 0 Å². The molecule has 4 nitrogen and oxygen atoms in total. The standard InChI is InChI=1S/C20H25F2N3OS/c1-13-5-4-6-14(2)17(13)19(26)23-11-16(18-15(3)24-12-27-18)25-9-7-20(21,22)8-10-25/h4-6,12,16H,7-11H2,1-3H3,(H,23,26)/t16-/m1/s1. The summed E-state index contributed by atoms with van der Waals surface area (Å²) in [5.74, 6) is -2.72. The lowest BCUT2D eigenvalue weighted by Gasteiger charge is -2.37. The highest BCUT2D eigenvalue weighted by molar-refractivity contribution is 7.09. The molecule has 146 valence electrons. The van der Waals surface area contributed by atoms with E-state index >= 15 is 0 Å². The highest BCUT2D eigenvalue weighted by Crippen LogP contribution is 2.34. The number of hydrogen-bond donors (Lipinski definition) is 1. The maximum absolute atomic E-state index is 13.6. The molecule has 1 aromatic carbocycles. The van der Waals surface area contributed by atoms with Crippen LogP contribution in [-0.2, 0) is 0 Å². The number of hydrogen-bond acceptors (Lipinski definition) is 4. The number of alkyl halides is 2. The molecule has 1 aromatic heterocycles. The van der Waals surface area contributed by atoms with Crippen LogP contribution < -0.4 is 5.32 Å². The number of nitrogens with one attached hydrogen (secondary N) is 1. The summed E-state index contributed by atoms with van der Waals surface area (Å²) >= 11 is 1.51. The zero-order valence-corrected chi connectivity index (χ0v) is 16.7. The molecular formula is C20H25F2N3OS. The number of aromatic nitrogens is 1. The summed E-state index contributed by atoms with van der Waals surface area (Å²) < 4.78 is 27.2. The molecule has 7 heteroatoms. The first-order valence-corrected chi connectivity index (χ1v) is 10.0. The highest BCUT2D eigenvalue weighted by Gasteiger charge is 2.37. The van der Waals surface area contributed by atoms with Gasteiger partial charge in [-0.2, -0.15) is 0 Å². The number of thiazole rings is 1. The number of rotatable bonds is 5. The van der Waals surface area contributed by atoms with Crippen molar-refractivity contribution >= 4 is 17.2 Å². The van der Waals surface area contributed by atoms with Gasteiger partial charge >= 0.3 is 0 Å². The second kappa shape index (κ2) is 8.02. The molecule has 2 heterocycles. The van der Waals surface area contributed by atoms with Crippen LogP contribution >= 0.6 is 11.3 Å². The molecule has 0 saturated carbocycles. The molecule has 27 heavy (non-hydrogen) atoms. The summed E-state index contributed by atoms with van der Waals surface area (Å²) in [4.78, 5) is 20.1. The molecule has 2 aromatic rings. The molecule has 1 saturated heterocycles. The number of aryl methyl sites for hydroxylation is 3. The van der Waals surface area contributed by atoms with Gasteiger partial charge in [0.25, 0.3) is 11.8 Å². The SMILES string of the molecule is Cc1cccc(C)c1C(=O)NC[C@H](c1scnc1C)N1CCC(F)(F)CC1. The number of halogens is 2. The maximum Gasteiger partial charge on any atom is 0.251 e. The van der Waals surface area contributed by atoms with E-state index in [4.69, 9.17) is 0 Å². The van der Waals surface area contributed by atoms with Crippen molar-refractivity contribution in [1.82, 2.24) is 15.2 Å². The van der Waals surface area contributed by atoms with Crippen LogP contribution in [0.1, 0.15) is 50.9 Å². The number of amides is 1. The van der Waals surface area contributed by atoms with E-state index in [1.807, 2.05) is 43.9 Å². The molecule has 0 bridgehead atoms. The number of benzene rings is 1. The van der Waals surface area contributed by atoms with Crippen LogP contribution in [0.5, 0.6) is 0 Å². The van der Waals surface area contributed by atoms with Crippen molar-refractivity contribution in [2.45, 2.75) is 45.6 Å². The minimum Gasteiger partial charge on any atom is -0.350 e. The lowest BCUT2D eigenvalue weighted by atomic mass is 10.0. The van der Waals surface area contributed by atoms with Gasteiger partial charge in [-0.25, -0.2) is 13.8 Å². The Hall–Kier alpha value is -1.86. The molecule has 0 aliphatic carbocycles. The van der Waals surface area contributed by atoms with E-state index in [0.29, 0.717) is 25.2 Å². The van der Waals surface area contributed by atoms with E-state index in [9.17, 15) is 13.6 Å². The first kappa shape index (κ1) is 19.9. The van der Waals surface area contributed by atoms with Crippen LogP contribution in [-0.4, -0.2) is 41.3 Å². The summed E-state index contributed by atoms with van der Waals surface area (Å²) in [6.07, 6.45) is -0.293. The molecule has 1 atom stereocenters. The zero-order chi connectivity index (χ0) is 19.6. The lowest BCUT2D eigenvalue weighted by molar-refractivity contribution is -0.0629. The van der Waals surface area contributed by atoms with E-state index in [-0.39, 0.29) is 24.8 Å². The van der Waals surface area contributed by atoms with Gasteiger partial charge in [0.1, 0.15) is 0 Å². The quantitative estimate of drug-likeness (QED) is 0.825. The Balaban J connectivity index is 1.76. The van der Waals surface area contributed by atoms with Crippen LogP contribution in [0.15, 0.2) is 23.7 Å². The van der Waals surface area contributed by atoms with E-state index in [2.05, 4.69) is 10.3 Å². The molecule has 1 aliphatic heterocycles. The summed E-state index contributed by atoms with van der Waals surface area (Å²) in [5.41, 5.74) is 5.20. The molecular weight excluding hydrogens is 368 g/mol. The van der Waals surface area contributed by atoms with E-state index in [1.54, 1.807) is 5.51 Å². The zero-order valence-electron chi connectivity index (χ0n) is 15.9. The minimum absolute atomic E-state index is 0.125. The normalized spacial score (nSPS) is 18.3. The molecule has 1 N–H and O–H groups in total. The van der Waals surface area contributed by atoms with Gasteiger partial charge in [-0.1, -0.05) is 18.2 Å². The van der Waals surface area contributed by atoms with Gasteiger partial charge in [0.15, 0.2) is 0 Å². The monoisotopic (exact) mass is 393 g/mol. The van der Waals surface area contributed by atoms with Crippen LogP contribution in [0.3, 0.4) is 0 Å². The van der Waals surface area contributed by atoms with Gasteiger partial charge in [0.05, 0.1) is 17.2 Å². The Labute approximate surface area is 162 Å². The van der Waals surface area contributed by atoms with Crippen LogP contribution in [0.25, 0.3) is 0 Å². The topological polar surface area (TPSA) is 45.2 Å². The third-order valence-electron chi connectivity index (χ3n) is 5.22. The second-order valence-electron chi connectivity index (χ2n) is 7.19. The third-order valence-corrected chi connectivity index (χ3v) is 6.25. The van der Waals surface area contributed by atoms with Crippen molar-refractivity contribution in [3.63, 3.8) is 0 Å². The van der Waals surface area contributed by atoms with Gasteiger partial charge in [0.2, 0.25) is 0 Å². The summed E-state index contributed by atoms with van der Waals surface area (Å²) in [7, 11) is 0. The molecule has 1 aliphatic rings. The fraction of sp³-hybridized carbons (Fsp3) is 0.500. The number of nitrogens with zero attached hydrogens (tertiary/aromatic N) is 2. The molecule has 1 amide bonds. The predicted molar refractivity (Wildman–Crippen MR) is 104 cm³/mol. The molecule has 0 spiro atoms. The average molecular weight is 394 g/mol. The summed E-state index contributed by atoms with van der Waals surface area (Å²) in [6, 6.07) is 5.62. The Morgan fingerprint density at radius 1 is 1.26 bits per heavy atom. The molecule has 0 unspecified atom stereocenters. The van der Waals surface area contributed by atoms with Crippen molar-refractivity contribution in [2.24, 2.45) is 0 Å². The van der Waals surface area contributed by atoms with E-state index in [1.165, 1.54) is 11.3 Å². The van der Waals surface area contributed by atoms with Crippen molar-refractivity contribution in [3.05, 3.63) is 51.0 Å². The number of carbonyl (C=O) groups excluding carboxylic acids is 1. The van der Waals surface area contributed by atoms with Crippen molar-refractivity contribution < 1.29 is 13.6 Å². The summed E-state index contributed by atoms with van der Waals surface area (Å²) in [5, 5.41) is 3.03. The Kier molecular flexibility index (Phi) is 5.91. The molecule has 1 fully saturated rings. The van der Waals surface area contributed by atoms with Gasteiger partial charge < -0.3 is 5.32 Å². The van der Waals surface area contributed by atoms with Gasteiger partial charge in [0, 0.05) is 42.9 Å². The number of likely N-dealkylation sites (tertiary alicyclic amines) is 1. The third kappa shape index (κ3) is 4.52. The predicted octanol–water partition coefficient (Wildman–Crippen LogP) is 4.27. The summed E-state index contributed by atoms with van der Waals surface area (Å²) in [6.45, 7) is 6.76. The van der Waals surface area contributed by atoms with E-state index < -0.39 is 5.92 Å². The molecule has 0 radical (unpaired) electrons. The Morgan fingerprint density at radius 3 is 2.44 bits per heavy atom. The average Bonchev–Trinajstić information content (AvgIpc) is 3.02. The number of carbonyl (C=O) groups is 1. The smallest absolute Gasteiger partial charge is 0.251 e. The van der Waals surface area contributed by atoms with Gasteiger partial charge in [-0.3, -0.25) is 9.69 Å². The number of piperidine rings is 1. The van der Waals surface area contributed by atoms with Gasteiger partial charge in [-0.05, 0) is 31.9 Å². The largest absolute Gasteiger partial charge is 0.350 e. The van der Waals surface area contributed by atoms with Crippen molar-refractivity contribution in [2.75, 3.05) is 19.6 Å². The van der Waals surface area contributed by atoms with Crippen LogP contribution in [0, 0.1) is 20.8 Å². The van der Waals surface area contributed by atoms with Crippen LogP contribution in [0.2, 0.25) is 0 Å². The first-order chi connectivity index (χ1) is 12.8. The van der Waals surface area contributed by atoms with E-state index in [0.717, 1.165) is 21.7 Å². The van der Waals surface area contributed by atoms with Gasteiger partial charge in [-0.15, -0.1) is 11.3 Å². The van der Waals surface area contributed by atoms with Crippen molar-refractivity contribution in [3.8, 4) is 0 Å². The fourth-order valence-electron chi connectivity index (χ4n) is 3.63. The Morgan fingerprint density at radius 2 is 1.89 bits per heavy atom. The minimum atomic E-state index is -2.59. The first-order valence-electron chi connectivity index (χ1n) is 9.15. The Bertz CT molecular complexity index is 791. The van der Waals surface area contributed by atoms with Crippen LogP contribution in [0.4, 0.5) is 8.78 Å². The second-order valence-corrected chi connectivity index (χ2v) is 8.07. The maximum atomic E-state index is 13.6. The molecule has 3 rings (SSSR count). The fourth-order valence-corrected chi connectivity index (χ4v) is 4.57. The lowest BCUT2D eigenvalue weighted by Crippen LogP contribution is -2.45. The highest BCUT2D eigenvalue weighted by atomic mass is 32.1.